The molecule has 1 N–H and O–H groups in total. The number of likely N-dealkylation sites (N-methyl/N-ethyl adjacent to an activating group) is 1. The molecule has 7 heteroatoms. The Hall–Kier alpha value is -0.470. The topological polar surface area (TPSA) is 58.6 Å². The Bertz CT molecular complexity index is 548. The molecule has 0 spiro atoms. The number of ether oxygens (including phenoxy) is 1. The van der Waals surface area contributed by atoms with Crippen molar-refractivity contribution >= 4 is 21.4 Å². The minimum atomic E-state index is -3.45. The van der Waals surface area contributed by atoms with Gasteiger partial charge < -0.3 is 10.1 Å². The van der Waals surface area contributed by atoms with Crippen LogP contribution in [0.2, 0.25) is 0 Å². The molecule has 2 heterocycles. The van der Waals surface area contributed by atoms with Crippen LogP contribution in [0.1, 0.15) is 23.8 Å². The van der Waals surface area contributed by atoms with Gasteiger partial charge in [0, 0.05) is 25.1 Å². The van der Waals surface area contributed by atoms with Crippen LogP contribution in [0.3, 0.4) is 0 Å². The Morgan fingerprint density at radius 3 is 2.90 bits per heavy atom. The molecule has 1 saturated heterocycles. The van der Waals surface area contributed by atoms with E-state index in [1.165, 1.54) is 15.6 Å². The molecule has 0 aromatic carbocycles. The lowest BCUT2D eigenvalue weighted by molar-refractivity contribution is 0.181. The van der Waals surface area contributed by atoms with E-state index in [2.05, 4.69) is 5.32 Å². The highest BCUT2D eigenvalue weighted by Crippen LogP contribution is 2.30. The summed E-state index contributed by atoms with van der Waals surface area (Å²) < 4.78 is 32.4. The summed E-state index contributed by atoms with van der Waals surface area (Å²) in [6.45, 7) is 6.41. The largest absolute Gasteiger partial charge is 0.380 e. The number of rotatable bonds is 6. The minimum Gasteiger partial charge on any atom is -0.380 e. The molecular formula is C13H22N2O3S2. The van der Waals surface area contributed by atoms with Gasteiger partial charge >= 0.3 is 0 Å². The zero-order valence-corrected chi connectivity index (χ0v) is 13.8. The zero-order chi connectivity index (χ0) is 14.8. The first kappa shape index (κ1) is 15.9. The van der Waals surface area contributed by atoms with Gasteiger partial charge in [-0.25, -0.2) is 8.42 Å². The minimum absolute atomic E-state index is 0.0497. The van der Waals surface area contributed by atoms with Crippen LogP contribution in [0.15, 0.2) is 10.3 Å². The first-order valence-electron chi connectivity index (χ1n) is 6.82. The van der Waals surface area contributed by atoms with Crippen molar-refractivity contribution in [1.29, 1.82) is 0 Å². The summed E-state index contributed by atoms with van der Waals surface area (Å²) >= 11 is 1.50. The molecule has 1 fully saturated rings. The van der Waals surface area contributed by atoms with Crippen LogP contribution in [-0.2, 0) is 21.3 Å². The average Bonchev–Trinajstić information content (AvgIpc) is 3.04. The second-order valence-electron chi connectivity index (χ2n) is 4.99. The summed E-state index contributed by atoms with van der Waals surface area (Å²) in [6.07, 6.45) is 0.765. The van der Waals surface area contributed by atoms with E-state index in [4.69, 9.17) is 4.74 Å². The molecule has 1 unspecified atom stereocenters. The van der Waals surface area contributed by atoms with Crippen molar-refractivity contribution in [3.63, 3.8) is 0 Å². The summed E-state index contributed by atoms with van der Waals surface area (Å²) in [4.78, 5) is 1.35. The second kappa shape index (κ2) is 6.53. The molecule has 1 aromatic rings. The van der Waals surface area contributed by atoms with Gasteiger partial charge in [0.25, 0.3) is 0 Å². The van der Waals surface area contributed by atoms with Crippen LogP contribution in [0, 0.1) is 6.92 Å². The van der Waals surface area contributed by atoms with Gasteiger partial charge in [-0.1, -0.05) is 6.92 Å². The van der Waals surface area contributed by atoms with E-state index in [1.54, 1.807) is 7.05 Å². The molecule has 5 nitrogen and oxygen atoms in total. The SMILES string of the molecule is CCNCc1scc(C)c1S(=O)(=O)N(C)C1CCOC1. The van der Waals surface area contributed by atoms with Crippen molar-refractivity contribution in [1.82, 2.24) is 9.62 Å². The predicted molar refractivity (Wildman–Crippen MR) is 80.6 cm³/mol. The normalized spacial score (nSPS) is 19.9. The number of nitrogens with zero attached hydrogens (tertiary/aromatic N) is 1. The Labute approximate surface area is 125 Å². The van der Waals surface area contributed by atoms with Crippen molar-refractivity contribution in [2.24, 2.45) is 0 Å². The van der Waals surface area contributed by atoms with Crippen LogP contribution in [0.5, 0.6) is 0 Å². The summed E-state index contributed by atoms with van der Waals surface area (Å²) in [7, 11) is -1.79. The summed E-state index contributed by atoms with van der Waals surface area (Å²) in [6, 6.07) is -0.0497. The summed E-state index contributed by atoms with van der Waals surface area (Å²) in [5.74, 6) is 0. The molecule has 1 aliphatic rings. The van der Waals surface area contributed by atoms with Gasteiger partial charge in [0.2, 0.25) is 10.0 Å². The molecule has 1 aromatic heterocycles. The molecule has 0 amide bonds. The fourth-order valence-electron chi connectivity index (χ4n) is 2.34. The Balaban J connectivity index is 2.30. The molecule has 0 aliphatic carbocycles. The standard InChI is InChI=1S/C13H22N2O3S2/c1-4-14-7-12-13(10(2)9-19-12)20(16,17)15(3)11-5-6-18-8-11/h9,11,14H,4-8H2,1-3H3. The number of nitrogens with one attached hydrogen (secondary N) is 1. The number of hydrogen-bond acceptors (Lipinski definition) is 5. The smallest absolute Gasteiger partial charge is 0.244 e. The first-order valence-corrected chi connectivity index (χ1v) is 9.14. The molecule has 0 bridgehead atoms. The molecule has 0 radical (unpaired) electrons. The van der Waals surface area contributed by atoms with E-state index in [0.29, 0.717) is 24.7 Å². The highest BCUT2D eigenvalue weighted by molar-refractivity contribution is 7.89. The molecule has 114 valence electrons. The lowest BCUT2D eigenvalue weighted by atomic mass is 10.3. The number of thiophene rings is 1. The quantitative estimate of drug-likeness (QED) is 0.865. The average molecular weight is 318 g/mol. The Kier molecular flexibility index (Phi) is 5.19. The Morgan fingerprint density at radius 1 is 1.55 bits per heavy atom. The molecule has 2 rings (SSSR count). The molecule has 0 saturated carbocycles. The van der Waals surface area contributed by atoms with Crippen molar-refractivity contribution in [3.05, 3.63) is 15.8 Å². The van der Waals surface area contributed by atoms with E-state index in [9.17, 15) is 8.42 Å². The van der Waals surface area contributed by atoms with Gasteiger partial charge in [0.1, 0.15) is 4.90 Å². The third kappa shape index (κ3) is 3.07. The van der Waals surface area contributed by atoms with Crippen LogP contribution in [-0.4, -0.2) is 45.6 Å². The maximum Gasteiger partial charge on any atom is 0.244 e. The van der Waals surface area contributed by atoms with Crippen molar-refractivity contribution in [2.75, 3.05) is 26.8 Å². The third-order valence-corrected chi connectivity index (χ3v) is 6.96. The van der Waals surface area contributed by atoms with E-state index >= 15 is 0 Å². The van der Waals surface area contributed by atoms with Gasteiger partial charge in [-0.05, 0) is 30.8 Å². The van der Waals surface area contributed by atoms with Gasteiger partial charge in [-0.2, -0.15) is 4.31 Å². The van der Waals surface area contributed by atoms with Gasteiger partial charge in [-0.3, -0.25) is 0 Å². The number of hydrogen-bond donors (Lipinski definition) is 1. The molecule has 1 aliphatic heterocycles. The van der Waals surface area contributed by atoms with E-state index in [1.807, 2.05) is 19.2 Å². The van der Waals surface area contributed by atoms with E-state index < -0.39 is 10.0 Å². The summed E-state index contributed by atoms with van der Waals surface area (Å²) in [5, 5.41) is 5.12. The molecule has 1 atom stereocenters. The van der Waals surface area contributed by atoms with Crippen molar-refractivity contribution in [3.8, 4) is 0 Å². The van der Waals surface area contributed by atoms with Crippen LogP contribution in [0.4, 0.5) is 0 Å². The second-order valence-corrected chi connectivity index (χ2v) is 7.89. The highest BCUT2D eigenvalue weighted by atomic mass is 32.2. The zero-order valence-electron chi connectivity index (χ0n) is 12.2. The lowest BCUT2D eigenvalue weighted by Gasteiger charge is -2.23. The van der Waals surface area contributed by atoms with Gasteiger partial charge in [-0.15, -0.1) is 11.3 Å². The predicted octanol–water partition coefficient (Wildman–Crippen LogP) is 1.58. The van der Waals surface area contributed by atoms with Crippen molar-refractivity contribution < 1.29 is 13.2 Å². The third-order valence-electron chi connectivity index (χ3n) is 3.58. The van der Waals surface area contributed by atoms with Crippen LogP contribution < -0.4 is 5.32 Å². The van der Waals surface area contributed by atoms with E-state index in [0.717, 1.165) is 23.4 Å². The fourth-order valence-corrected chi connectivity index (χ4v) is 5.44. The highest BCUT2D eigenvalue weighted by Gasteiger charge is 2.33. The molecule has 20 heavy (non-hydrogen) atoms. The fraction of sp³-hybridized carbons (Fsp3) is 0.692. The summed E-state index contributed by atoms with van der Waals surface area (Å²) in [5.41, 5.74) is 0.827. The lowest BCUT2D eigenvalue weighted by Crippen LogP contribution is -2.37. The van der Waals surface area contributed by atoms with Crippen LogP contribution in [0.25, 0.3) is 0 Å². The van der Waals surface area contributed by atoms with Gasteiger partial charge in [0.05, 0.1) is 12.6 Å². The van der Waals surface area contributed by atoms with Crippen LogP contribution >= 0.6 is 11.3 Å². The Morgan fingerprint density at radius 2 is 2.30 bits per heavy atom. The van der Waals surface area contributed by atoms with E-state index in [-0.39, 0.29) is 6.04 Å². The van der Waals surface area contributed by atoms with Gasteiger partial charge in [0.15, 0.2) is 0 Å². The number of aryl methyl sites for hydroxylation is 1. The maximum atomic E-state index is 12.8. The molecular weight excluding hydrogens is 296 g/mol. The first-order chi connectivity index (χ1) is 9.48. The number of sulfonamides is 1. The van der Waals surface area contributed by atoms with Crippen molar-refractivity contribution in [2.45, 2.75) is 37.8 Å². The maximum absolute atomic E-state index is 12.8. The monoisotopic (exact) mass is 318 g/mol.